The zero-order valence-corrected chi connectivity index (χ0v) is 12.3. The topological polar surface area (TPSA) is 67.6 Å². The molecule has 5 nitrogen and oxygen atoms in total. The average Bonchev–Trinajstić information content (AvgIpc) is 2.37. The van der Waals surface area contributed by atoms with Crippen LogP contribution in [0.1, 0.15) is 20.8 Å². The molecule has 0 saturated carbocycles. The van der Waals surface area contributed by atoms with Crippen molar-refractivity contribution in [3.05, 3.63) is 24.3 Å². The Bertz CT molecular complexity index is 482. The molecule has 1 heterocycles. The molecule has 5 heteroatoms. The third-order valence-electron chi connectivity index (χ3n) is 3.14. The molecule has 0 amide bonds. The summed E-state index contributed by atoms with van der Waals surface area (Å²) in [5.41, 5.74) is 7.24. The Kier molecular flexibility index (Phi) is 4.18. The lowest BCUT2D eigenvalue weighted by Crippen LogP contribution is -2.55. The number of benzene rings is 1. The molecular formula is C15H23N3O2. The number of nitrogens with zero attached hydrogens (tertiary/aromatic N) is 1. The Balaban J connectivity index is 2.06. The lowest BCUT2D eigenvalue weighted by Gasteiger charge is -2.35. The maximum atomic E-state index is 12.1. The number of anilines is 2. The number of carbonyl (C=O) groups is 1. The van der Waals surface area contributed by atoms with Crippen LogP contribution < -0.4 is 16.0 Å². The first kappa shape index (κ1) is 14.7. The molecule has 1 aliphatic heterocycles. The van der Waals surface area contributed by atoms with Gasteiger partial charge in [0, 0.05) is 19.6 Å². The minimum Gasteiger partial charge on any atom is -0.459 e. The SMILES string of the molecule is CC(C)(C)OC(=O)C1CN(c2ccccc2N)CCN1. The van der Waals surface area contributed by atoms with Gasteiger partial charge >= 0.3 is 5.97 Å². The number of nitrogens with one attached hydrogen (secondary N) is 1. The van der Waals surface area contributed by atoms with Gasteiger partial charge in [-0.3, -0.25) is 4.79 Å². The minimum absolute atomic E-state index is 0.211. The molecule has 0 bridgehead atoms. The van der Waals surface area contributed by atoms with E-state index in [0.29, 0.717) is 6.54 Å². The van der Waals surface area contributed by atoms with Gasteiger partial charge < -0.3 is 20.7 Å². The fourth-order valence-corrected chi connectivity index (χ4v) is 2.28. The van der Waals surface area contributed by atoms with E-state index in [1.165, 1.54) is 0 Å². The Labute approximate surface area is 120 Å². The normalized spacial score (nSPS) is 19.8. The molecule has 110 valence electrons. The molecular weight excluding hydrogens is 254 g/mol. The zero-order chi connectivity index (χ0) is 14.8. The van der Waals surface area contributed by atoms with E-state index < -0.39 is 5.60 Å². The van der Waals surface area contributed by atoms with Crippen LogP contribution in [0.5, 0.6) is 0 Å². The number of nitrogens with two attached hydrogens (primary N) is 1. The summed E-state index contributed by atoms with van der Waals surface area (Å²) in [6.45, 7) is 7.76. The summed E-state index contributed by atoms with van der Waals surface area (Å²) >= 11 is 0. The van der Waals surface area contributed by atoms with Crippen molar-refractivity contribution in [1.82, 2.24) is 5.32 Å². The molecule has 1 saturated heterocycles. The monoisotopic (exact) mass is 277 g/mol. The highest BCUT2D eigenvalue weighted by Gasteiger charge is 2.29. The van der Waals surface area contributed by atoms with Crippen LogP contribution >= 0.6 is 0 Å². The number of rotatable bonds is 2. The number of carbonyl (C=O) groups excluding carboxylic acids is 1. The number of esters is 1. The van der Waals surface area contributed by atoms with Crippen LogP contribution in [-0.2, 0) is 9.53 Å². The van der Waals surface area contributed by atoms with Crippen molar-refractivity contribution in [2.75, 3.05) is 30.3 Å². The van der Waals surface area contributed by atoms with Crippen molar-refractivity contribution < 1.29 is 9.53 Å². The van der Waals surface area contributed by atoms with Crippen LogP contribution in [0.4, 0.5) is 11.4 Å². The van der Waals surface area contributed by atoms with Gasteiger partial charge in [0.25, 0.3) is 0 Å². The van der Waals surface area contributed by atoms with Gasteiger partial charge in [0.1, 0.15) is 11.6 Å². The standard InChI is InChI=1S/C15H23N3O2/c1-15(2,3)20-14(19)12-10-18(9-8-17-12)13-7-5-4-6-11(13)16/h4-7,12,17H,8-10,16H2,1-3H3. The first-order valence-electron chi connectivity index (χ1n) is 6.92. The van der Waals surface area contributed by atoms with Crippen molar-refractivity contribution in [3.8, 4) is 0 Å². The van der Waals surface area contributed by atoms with Crippen molar-refractivity contribution in [1.29, 1.82) is 0 Å². The molecule has 0 spiro atoms. The first-order valence-corrected chi connectivity index (χ1v) is 6.92. The summed E-state index contributed by atoms with van der Waals surface area (Å²) in [7, 11) is 0. The van der Waals surface area contributed by atoms with Gasteiger partial charge in [0.2, 0.25) is 0 Å². The van der Waals surface area contributed by atoms with Crippen LogP contribution in [-0.4, -0.2) is 37.2 Å². The number of para-hydroxylation sites is 2. The van der Waals surface area contributed by atoms with E-state index in [9.17, 15) is 4.79 Å². The van der Waals surface area contributed by atoms with Crippen LogP contribution in [0.2, 0.25) is 0 Å². The van der Waals surface area contributed by atoms with Crippen molar-refractivity contribution >= 4 is 17.3 Å². The molecule has 3 N–H and O–H groups in total. The molecule has 20 heavy (non-hydrogen) atoms. The summed E-state index contributed by atoms with van der Waals surface area (Å²) < 4.78 is 5.43. The number of nitrogen functional groups attached to an aromatic ring is 1. The predicted molar refractivity (Wildman–Crippen MR) is 80.7 cm³/mol. The van der Waals surface area contributed by atoms with Crippen LogP contribution in [0, 0.1) is 0 Å². The lowest BCUT2D eigenvalue weighted by atomic mass is 10.1. The molecule has 1 aliphatic rings. The number of ether oxygens (including phenoxy) is 1. The Hall–Kier alpha value is -1.75. The molecule has 0 aromatic heterocycles. The summed E-state index contributed by atoms with van der Waals surface area (Å²) in [6, 6.07) is 7.40. The molecule has 1 aromatic carbocycles. The quantitative estimate of drug-likeness (QED) is 0.631. The largest absolute Gasteiger partial charge is 0.459 e. The smallest absolute Gasteiger partial charge is 0.325 e. The summed E-state index contributed by atoms with van der Waals surface area (Å²) in [5.74, 6) is -0.211. The Morgan fingerprint density at radius 1 is 1.40 bits per heavy atom. The predicted octanol–water partition coefficient (Wildman–Crippen LogP) is 1.39. The fraction of sp³-hybridized carbons (Fsp3) is 0.533. The highest BCUT2D eigenvalue weighted by molar-refractivity contribution is 5.78. The Morgan fingerprint density at radius 2 is 2.10 bits per heavy atom. The maximum absolute atomic E-state index is 12.1. The number of hydrogen-bond donors (Lipinski definition) is 2. The van der Waals surface area contributed by atoms with Crippen LogP contribution in [0.25, 0.3) is 0 Å². The fourth-order valence-electron chi connectivity index (χ4n) is 2.28. The highest BCUT2D eigenvalue weighted by Crippen LogP contribution is 2.23. The average molecular weight is 277 g/mol. The Morgan fingerprint density at radius 3 is 2.75 bits per heavy atom. The van der Waals surface area contributed by atoms with Crippen LogP contribution in [0.3, 0.4) is 0 Å². The third kappa shape index (κ3) is 3.63. The van der Waals surface area contributed by atoms with E-state index >= 15 is 0 Å². The van der Waals surface area contributed by atoms with Gasteiger partial charge in [-0.25, -0.2) is 0 Å². The van der Waals surface area contributed by atoms with Crippen LogP contribution in [0.15, 0.2) is 24.3 Å². The molecule has 1 atom stereocenters. The lowest BCUT2D eigenvalue weighted by molar-refractivity contribution is -0.157. The third-order valence-corrected chi connectivity index (χ3v) is 3.14. The van der Waals surface area contributed by atoms with Gasteiger partial charge in [-0.05, 0) is 32.9 Å². The van der Waals surface area contributed by atoms with Gasteiger partial charge in [0.05, 0.1) is 11.4 Å². The van der Waals surface area contributed by atoms with Crippen molar-refractivity contribution in [3.63, 3.8) is 0 Å². The number of piperazine rings is 1. The van der Waals surface area contributed by atoms with Crippen molar-refractivity contribution in [2.45, 2.75) is 32.4 Å². The second kappa shape index (κ2) is 5.71. The molecule has 1 fully saturated rings. The highest BCUT2D eigenvalue weighted by atomic mass is 16.6. The van der Waals surface area contributed by atoms with E-state index in [4.69, 9.17) is 10.5 Å². The summed E-state index contributed by atoms with van der Waals surface area (Å²) in [6.07, 6.45) is 0. The maximum Gasteiger partial charge on any atom is 0.325 e. The van der Waals surface area contributed by atoms with Gasteiger partial charge in [-0.1, -0.05) is 12.1 Å². The number of hydrogen-bond acceptors (Lipinski definition) is 5. The zero-order valence-electron chi connectivity index (χ0n) is 12.3. The van der Waals surface area contributed by atoms with Gasteiger partial charge in [-0.15, -0.1) is 0 Å². The van der Waals surface area contributed by atoms with E-state index in [1.54, 1.807) is 0 Å². The summed E-state index contributed by atoms with van der Waals surface area (Å²) in [5, 5.41) is 3.20. The van der Waals surface area contributed by atoms with E-state index in [-0.39, 0.29) is 12.0 Å². The second-order valence-electron chi connectivity index (χ2n) is 6.05. The van der Waals surface area contributed by atoms with E-state index in [2.05, 4.69) is 10.2 Å². The molecule has 0 aliphatic carbocycles. The first-order chi connectivity index (χ1) is 9.37. The van der Waals surface area contributed by atoms with Gasteiger partial charge in [-0.2, -0.15) is 0 Å². The van der Waals surface area contributed by atoms with E-state index in [0.717, 1.165) is 24.5 Å². The summed E-state index contributed by atoms with van der Waals surface area (Å²) in [4.78, 5) is 14.3. The second-order valence-corrected chi connectivity index (χ2v) is 6.05. The molecule has 1 aromatic rings. The van der Waals surface area contributed by atoms with Crippen molar-refractivity contribution in [2.24, 2.45) is 0 Å². The van der Waals surface area contributed by atoms with Gasteiger partial charge in [0.15, 0.2) is 0 Å². The van der Waals surface area contributed by atoms with E-state index in [1.807, 2.05) is 45.0 Å². The molecule has 2 rings (SSSR count). The molecule has 1 unspecified atom stereocenters. The molecule has 0 radical (unpaired) electrons. The minimum atomic E-state index is -0.465.